The van der Waals surface area contributed by atoms with Gasteiger partial charge in [0.15, 0.2) is 0 Å². The molecule has 0 saturated carbocycles. The number of fused-ring (bicyclic) bond motifs is 2. The summed E-state index contributed by atoms with van der Waals surface area (Å²) >= 11 is 3.88. The summed E-state index contributed by atoms with van der Waals surface area (Å²) in [6.45, 7) is 23.9. The maximum absolute atomic E-state index is 2.58. The highest BCUT2D eigenvalue weighted by Gasteiger charge is 2.49. The number of allylic oxidation sites excluding steroid dienone is 2. The number of rotatable bonds is 8. The minimum Gasteiger partial charge on any atom is -0.144 e. The van der Waals surface area contributed by atoms with E-state index in [4.69, 9.17) is 0 Å². The van der Waals surface area contributed by atoms with Crippen LogP contribution in [0.25, 0.3) is 23.3 Å². The van der Waals surface area contributed by atoms with Crippen molar-refractivity contribution in [3.8, 4) is 0 Å². The van der Waals surface area contributed by atoms with E-state index in [1.165, 1.54) is 54.3 Å². The SMILES string of the molecule is CC(C)c1csc(C2=Cc3cccc(C(C)C)c3C2C(C)(C)C2C(c3cc(C(C)C)cs3)=Cc3cccc(C(C)C)c32)c1. The van der Waals surface area contributed by atoms with Gasteiger partial charge in [0.05, 0.1) is 0 Å². The molecule has 6 rings (SSSR count). The van der Waals surface area contributed by atoms with Gasteiger partial charge < -0.3 is 0 Å². The molecule has 0 fully saturated rings. The Labute approximate surface area is 268 Å². The first-order chi connectivity index (χ1) is 20.4. The highest BCUT2D eigenvalue weighted by molar-refractivity contribution is 7.11. The van der Waals surface area contributed by atoms with E-state index in [0.29, 0.717) is 35.5 Å². The highest BCUT2D eigenvalue weighted by Crippen LogP contribution is 2.64. The van der Waals surface area contributed by atoms with Crippen LogP contribution in [0.15, 0.2) is 59.3 Å². The van der Waals surface area contributed by atoms with E-state index >= 15 is 0 Å². The summed E-state index contributed by atoms with van der Waals surface area (Å²) in [6.07, 6.45) is 5.08. The summed E-state index contributed by atoms with van der Waals surface area (Å²) in [6, 6.07) is 19.0. The second kappa shape index (κ2) is 11.4. The van der Waals surface area contributed by atoms with Crippen molar-refractivity contribution in [3.05, 3.63) is 114 Å². The molecule has 0 amide bonds. The van der Waals surface area contributed by atoms with E-state index in [0.717, 1.165) is 0 Å². The fourth-order valence-electron chi connectivity index (χ4n) is 7.69. The molecule has 4 aromatic rings. The summed E-state index contributed by atoms with van der Waals surface area (Å²) in [7, 11) is 0. The molecule has 0 aliphatic heterocycles. The Bertz CT molecular complexity index is 1590. The standard InChI is InChI=1S/C41H48S2/c1-23(2)29-19-35(42-21-29)33-17-27-13-11-15-31(25(5)6)37(27)39(33)41(9,10)40-34(36-20-30(22-43-36)24(3)4)18-28-14-12-16-32(26(7)8)38(28)40/h11-26,39-40H,1-10H3. The Morgan fingerprint density at radius 1 is 0.558 bits per heavy atom. The van der Waals surface area contributed by atoms with E-state index in [2.05, 4.69) is 141 Å². The number of hydrogen-bond donors (Lipinski definition) is 0. The number of thiophene rings is 2. The Morgan fingerprint density at radius 3 is 1.28 bits per heavy atom. The van der Waals surface area contributed by atoms with Crippen molar-refractivity contribution in [2.45, 2.75) is 105 Å². The lowest BCUT2D eigenvalue weighted by molar-refractivity contribution is 0.302. The van der Waals surface area contributed by atoms with Gasteiger partial charge in [-0.05, 0) is 120 Å². The molecule has 2 aromatic heterocycles. The molecule has 2 heterocycles. The minimum absolute atomic E-state index is 0.0753. The minimum atomic E-state index is -0.0753. The molecule has 2 atom stereocenters. The van der Waals surface area contributed by atoms with Crippen LogP contribution in [0.3, 0.4) is 0 Å². The molecule has 2 heteroatoms. The van der Waals surface area contributed by atoms with Gasteiger partial charge in [-0.15, -0.1) is 22.7 Å². The van der Waals surface area contributed by atoms with Crippen molar-refractivity contribution < 1.29 is 0 Å². The molecular weight excluding hydrogens is 557 g/mol. The normalized spacial score (nSPS) is 18.2. The average Bonchev–Trinajstić information content (AvgIpc) is 3.74. The summed E-state index contributed by atoms with van der Waals surface area (Å²) in [5, 5.41) is 4.78. The van der Waals surface area contributed by atoms with Gasteiger partial charge in [0.1, 0.15) is 0 Å². The van der Waals surface area contributed by atoms with E-state index in [1.807, 2.05) is 22.7 Å². The molecule has 0 nitrogen and oxygen atoms in total. The second-order valence-electron chi connectivity index (χ2n) is 14.7. The molecule has 224 valence electrons. The van der Waals surface area contributed by atoms with Crippen molar-refractivity contribution in [1.29, 1.82) is 0 Å². The van der Waals surface area contributed by atoms with E-state index in [1.54, 1.807) is 11.1 Å². The van der Waals surface area contributed by atoms with Gasteiger partial charge in [-0.3, -0.25) is 0 Å². The molecule has 2 aromatic carbocycles. The number of benzene rings is 2. The van der Waals surface area contributed by atoms with Crippen molar-refractivity contribution in [2.24, 2.45) is 5.41 Å². The Morgan fingerprint density at radius 2 is 0.953 bits per heavy atom. The molecule has 43 heavy (non-hydrogen) atoms. The van der Waals surface area contributed by atoms with E-state index in [9.17, 15) is 0 Å². The van der Waals surface area contributed by atoms with Crippen LogP contribution in [0.2, 0.25) is 0 Å². The van der Waals surface area contributed by atoms with Gasteiger partial charge in [-0.2, -0.15) is 0 Å². The third-order valence-electron chi connectivity index (χ3n) is 10.0. The third-order valence-corrected chi connectivity index (χ3v) is 12.0. The fourth-order valence-corrected chi connectivity index (χ4v) is 9.93. The lowest BCUT2D eigenvalue weighted by atomic mass is 9.60. The molecule has 0 spiro atoms. The smallest absolute Gasteiger partial charge is 0.0311 e. The second-order valence-corrected chi connectivity index (χ2v) is 16.5. The molecule has 2 aliphatic carbocycles. The zero-order chi connectivity index (χ0) is 30.8. The molecular formula is C41H48S2. The van der Waals surface area contributed by atoms with Crippen LogP contribution in [0.1, 0.15) is 159 Å². The molecule has 2 aliphatic rings. The van der Waals surface area contributed by atoms with Gasteiger partial charge in [0, 0.05) is 21.6 Å². The first-order valence-electron chi connectivity index (χ1n) is 16.3. The first-order valence-corrected chi connectivity index (χ1v) is 18.0. The topological polar surface area (TPSA) is 0 Å². The largest absolute Gasteiger partial charge is 0.144 e. The van der Waals surface area contributed by atoms with E-state index < -0.39 is 0 Å². The summed E-state index contributed by atoms with van der Waals surface area (Å²) < 4.78 is 0. The van der Waals surface area contributed by atoms with Crippen molar-refractivity contribution in [3.63, 3.8) is 0 Å². The van der Waals surface area contributed by atoms with Crippen molar-refractivity contribution >= 4 is 46.0 Å². The third kappa shape index (κ3) is 5.13. The van der Waals surface area contributed by atoms with Crippen LogP contribution in [0, 0.1) is 5.41 Å². The highest BCUT2D eigenvalue weighted by atomic mass is 32.1. The zero-order valence-corrected chi connectivity index (χ0v) is 29.3. The molecule has 0 bridgehead atoms. The molecule has 0 saturated heterocycles. The van der Waals surface area contributed by atoms with Gasteiger partial charge in [0.25, 0.3) is 0 Å². The monoisotopic (exact) mass is 604 g/mol. The van der Waals surface area contributed by atoms with Crippen molar-refractivity contribution in [2.75, 3.05) is 0 Å². The molecule has 0 N–H and O–H groups in total. The fraction of sp³-hybridized carbons (Fsp3) is 0.415. The van der Waals surface area contributed by atoms with Crippen LogP contribution in [-0.2, 0) is 0 Å². The van der Waals surface area contributed by atoms with E-state index in [-0.39, 0.29) is 5.41 Å². The lowest BCUT2D eigenvalue weighted by Crippen LogP contribution is -2.31. The first kappa shape index (κ1) is 30.4. The van der Waals surface area contributed by atoms with Crippen LogP contribution in [0.4, 0.5) is 0 Å². The van der Waals surface area contributed by atoms with Gasteiger partial charge >= 0.3 is 0 Å². The van der Waals surface area contributed by atoms with Gasteiger partial charge in [0.2, 0.25) is 0 Å². The van der Waals surface area contributed by atoms with Gasteiger partial charge in [-0.1, -0.05) is 106 Å². The quantitative estimate of drug-likeness (QED) is 0.188. The van der Waals surface area contributed by atoms with Gasteiger partial charge in [-0.25, -0.2) is 0 Å². The summed E-state index contributed by atoms with van der Waals surface area (Å²) in [5.74, 6) is 2.60. The Hall–Kier alpha value is -2.68. The summed E-state index contributed by atoms with van der Waals surface area (Å²) in [4.78, 5) is 2.87. The lowest BCUT2D eigenvalue weighted by Gasteiger charge is -2.43. The predicted molar refractivity (Wildman–Crippen MR) is 193 cm³/mol. The van der Waals surface area contributed by atoms with Crippen LogP contribution in [-0.4, -0.2) is 0 Å². The summed E-state index contributed by atoms with van der Waals surface area (Å²) in [5.41, 5.74) is 14.8. The van der Waals surface area contributed by atoms with Crippen LogP contribution < -0.4 is 0 Å². The van der Waals surface area contributed by atoms with Crippen molar-refractivity contribution in [1.82, 2.24) is 0 Å². The maximum atomic E-state index is 2.58. The Balaban J connectivity index is 1.59. The number of hydrogen-bond acceptors (Lipinski definition) is 2. The molecule has 0 radical (unpaired) electrons. The predicted octanol–water partition coefficient (Wildman–Crippen LogP) is 13.3. The van der Waals surface area contributed by atoms with Crippen LogP contribution in [0.5, 0.6) is 0 Å². The van der Waals surface area contributed by atoms with Crippen LogP contribution >= 0.6 is 22.7 Å². The molecule has 2 unspecified atom stereocenters. The zero-order valence-electron chi connectivity index (χ0n) is 27.7. The average molecular weight is 605 g/mol. The Kier molecular flexibility index (Phi) is 8.01. The maximum Gasteiger partial charge on any atom is 0.0311 e.